The summed E-state index contributed by atoms with van der Waals surface area (Å²) in [5.41, 5.74) is 2.14. The van der Waals surface area contributed by atoms with Gasteiger partial charge in [-0.2, -0.15) is 0 Å². The van der Waals surface area contributed by atoms with Gasteiger partial charge in [-0.05, 0) is 18.1 Å². The van der Waals surface area contributed by atoms with E-state index in [1.165, 1.54) is 5.56 Å². The number of carbonyl (C=O) groups excluding carboxylic acids is 2. The van der Waals surface area contributed by atoms with Gasteiger partial charge in [-0.1, -0.05) is 36.4 Å². The summed E-state index contributed by atoms with van der Waals surface area (Å²) in [6.07, 6.45) is 2.72. The molecule has 2 amide bonds. The van der Waals surface area contributed by atoms with E-state index < -0.39 is 6.04 Å². The highest BCUT2D eigenvalue weighted by Crippen LogP contribution is 2.18. The molecule has 6 heteroatoms. The Morgan fingerprint density at radius 3 is 2.80 bits per heavy atom. The second kappa shape index (κ2) is 7.79. The lowest BCUT2D eigenvalue weighted by atomic mass is 10.2. The zero-order valence-electron chi connectivity index (χ0n) is 14.2. The Labute approximate surface area is 147 Å². The Hall–Kier alpha value is -2.89. The van der Waals surface area contributed by atoms with Crippen molar-refractivity contribution >= 4 is 17.6 Å². The van der Waals surface area contributed by atoms with Crippen molar-refractivity contribution in [3.05, 3.63) is 59.8 Å². The maximum atomic E-state index is 12.2. The third-order valence-electron chi connectivity index (χ3n) is 4.26. The van der Waals surface area contributed by atoms with E-state index in [-0.39, 0.29) is 11.8 Å². The van der Waals surface area contributed by atoms with Crippen LogP contribution in [0.15, 0.2) is 48.7 Å². The molecule has 1 aromatic carbocycles. The van der Waals surface area contributed by atoms with Crippen molar-refractivity contribution in [3.63, 3.8) is 0 Å². The van der Waals surface area contributed by atoms with E-state index in [1.807, 2.05) is 37.4 Å². The summed E-state index contributed by atoms with van der Waals surface area (Å²) >= 11 is 0. The molecule has 0 spiro atoms. The largest absolute Gasteiger partial charge is 0.355 e. The molecule has 1 saturated heterocycles. The number of carbonyl (C=O) groups is 2. The van der Waals surface area contributed by atoms with Crippen LogP contribution in [0.5, 0.6) is 0 Å². The number of nitrogens with zero attached hydrogens (tertiary/aromatic N) is 2. The molecule has 0 radical (unpaired) electrons. The molecule has 0 aliphatic carbocycles. The number of pyridine rings is 1. The van der Waals surface area contributed by atoms with E-state index in [4.69, 9.17) is 0 Å². The summed E-state index contributed by atoms with van der Waals surface area (Å²) in [7, 11) is 1.98. The smallest absolute Gasteiger partial charge is 0.242 e. The highest BCUT2D eigenvalue weighted by Gasteiger charge is 2.27. The third kappa shape index (κ3) is 4.35. The van der Waals surface area contributed by atoms with Crippen LogP contribution in [0.3, 0.4) is 0 Å². The molecule has 6 nitrogen and oxygen atoms in total. The lowest BCUT2D eigenvalue weighted by Crippen LogP contribution is -2.41. The van der Waals surface area contributed by atoms with E-state index in [1.54, 1.807) is 6.20 Å². The Kier molecular flexibility index (Phi) is 5.28. The topological polar surface area (TPSA) is 74.3 Å². The molecule has 2 N–H and O–H groups in total. The molecule has 2 aromatic rings. The van der Waals surface area contributed by atoms with E-state index in [2.05, 4.69) is 32.7 Å². The summed E-state index contributed by atoms with van der Waals surface area (Å²) in [6.45, 7) is 1.12. The van der Waals surface area contributed by atoms with Gasteiger partial charge in [0.25, 0.3) is 0 Å². The maximum Gasteiger partial charge on any atom is 0.242 e. The summed E-state index contributed by atoms with van der Waals surface area (Å²) in [4.78, 5) is 29.9. The minimum Gasteiger partial charge on any atom is -0.355 e. The van der Waals surface area contributed by atoms with Crippen LogP contribution in [0.4, 0.5) is 5.82 Å². The van der Waals surface area contributed by atoms with Gasteiger partial charge < -0.3 is 15.5 Å². The van der Waals surface area contributed by atoms with E-state index in [0.717, 1.165) is 17.9 Å². The molecule has 1 aromatic heterocycles. The zero-order chi connectivity index (χ0) is 17.6. The molecule has 0 bridgehead atoms. The van der Waals surface area contributed by atoms with Gasteiger partial charge in [0.05, 0.1) is 0 Å². The second-order valence-electron chi connectivity index (χ2n) is 6.20. The number of nitrogens with one attached hydrogen (secondary N) is 2. The van der Waals surface area contributed by atoms with Crippen LogP contribution in [0, 0.1) is 0 Å². The highest BCUT2D eigenvalue weighted by atomic mass is 16.2. The van der Waals surface area contributed by atoms with Gasteiger partial charge in [0, 0.05) is 38.3 Å². The average Bonchev–Trinajstić information content (AvgIpc) is 3.07. The third-order valence-corrected chi connectivity index (χ3v) is 4.26. The van der Waals surface area contributed by atoms with E-state index in [0.29, 0.717) is 19.4 Å². The molecule has 1 fully saturated rings. The molecule has 1 aliphatic heterocycles. The number of amides is 2. The molecule has 25 heavy (non-hydrogen) atoms. The molecule has 1 atom stereocenters. The Morgan fingerprint density at radius 1 is 1.28 bits per heavy atom. The number of aromatic nitrogens is 1. The highest BCUT2D eigenvalue weighted by molar-refractivity contribution is 5.90. The fraction of sp³-hybridized carbons (Fsp3) is 0.316. The minimum atomic E-state index is -0.422. The molecule has 130 valence electrons. The van der Waals surface area contributed by atoms with E-state index >= 15 is 0 Å². The van der Waals surface area contributed by atoms with Gasteiger partial charge in [0.2, 0.25) is 11.8 Å². The molecule has 3 rings (SSSR count). The van der Waals surface area contributed by atoms with Crippen molar-refractivity contribution in [2.75, 3.05) is 11.9 Å². The summed E-state index contributed by atoms with van der Waals surface area (Å²) in [5, 5.41) is 5.58. The summed E-state index contributed by atoms with van der Waals surface area (Å²) in [5.74, 6) is 0.623. The molecular weight excluding hydrogens is 316 g/mol. The number of rotatable bonds is 6. The fourth-order valence-electron chi connectivity index (χ4n) is 2.96. The number of hydrogen-bond donors (Lipinski definition) is 2. The first-order chi connectivity index (χ1) is 12.1. The predicted molar refractivity (Wildman–Crippen MR) is 95.8 cm³/mol. The van der Waals surface area contributed by atoms with Crippen LogP contribution in [0.2, 0.25) is 0 Å². The molecule has 2 heterocycles. The van der Waals surface area contributed by atoms with Gasteiger partial charge in [-0.15, -0.1) is 0 Å². The molecule has 0 saturated carbocycles. The Balaban J connectivity index is 1.64. The Bertz CT molecular complexity index is 748. The zero-order valence-corrected chi connectivity index (χ0v) is 14.2. The molecular formula is C19H22N4O2. The first-order valence-corrected chi connectivity index (χ1v) is 8.39. The van der Waals surface area contributed by atoms with Gasteiger partial charge >= 0.3 is 0 Å². The number of benzene rings is 1. The van der Waals surface area contributed by atoms with E-state index in [9.17, 15) is 9.59 Å². The van der Waals surface area contributed by atoms with Crippen LogP contribution < -0.4 is 15.5 Å². The van der Waals surface area contributed by atoms with Gasteiger partial charge in [-0.25, -0.2) is 4.98 Å². The van der Waals surface area contributed by atoms with Gasteiger partial charge in [0.1, 0.15) is 11.9 Å². The average molecular weight is 338 g/mol. The van der Waals surface area contributed by atoms with Crippen LogP contribution >= 0.6 is 0 Å². The monoisotopic (exact) mass is 338 g/mol. The van der Waals surface area contributed by atoms with Crippen LogP contribution in [-0.2, 0) is 22.7 Å². The minimum absolute atomic E-state index is 0.0650. The lowest BCUT2D eigenvalue weighted by Gasteiger charge is -2.21. The van der Waals surface area contributed by atoms with Crippen molar-refractivity contribution in [3.8, 4) is 0 Å². The maximum absolute atomic E-state index is 12.2. The number of anilines is 1. The van der Waals surface area contributed by atoms with Crippen molar-refractivity contribution in [2.45, 2.75) is 32.0 Å². The molecule has 0 unspecified atom stereocenters. The van der Waals surface area contributed by atoms with Crippen molar-refractivity contribution < 1.29 is 9.59 Å². The van der Waals surface area contributed by atoms with Crippen LogP contribution in [0.1, 0.15) is 24.0 Å². The van der Waals surface area contributed by atoms with Crippen LogP contribution in [-0.4, -0.2) is 29.9 Å². The second-order valence-corrected chi connectivity index (χ2v) is 6.20. The van der Waals surface area contributed by atoms with Gasteiger partial charge in [-0.3, -0.25) is 9.59 Å². The Morgan fingerprint density at radius 2 is 2.08 bits per heavy atom. The fourth-order valence-corrected chi connectivity index (χ4v) is 2.96. The number of hydrogen-bond acceptors (Lipinski definition) is 4. The normalized spacial score (nSPS) is 16.4. The predicted octanol–water partition coefficient (Wildman–Crippen LogP) is 1.61. The summed E-state index contributed by atoms with van der Waals surface area (Å²) < 4.78 is 0. The van der Waals surface area contributed by atoms with Gasteiger partial charge in [0.15, 0.2) is 0 Å². The summed E-state index contributed by atoms with van der Waals surface area (Å²) in [6, 6.07) is 13.6. The lowest BCUT2D eigenvalue weighted by molar-refractivity contribution is -0.125. The van der Waals surface area contributed by atoms with Crippen LogP contribution in [0.25, 0.3) is 0 Å². The molecule has 1 aliphatic rings. The quantitative estimate of drug-likeness (QED) is 0.839. The standard InChI is InChI=1S/C19H22N4O2/c1-23(13-14-6-3-2-4-7-14)18-15(8-5-11-20-18)12-21-19(25)16-9-10-17(24)22-16/h2-8,11,16H,9-10,12-13H2,1H3,(H,21,25)(H,22,24)/t16-/m0/s1. The van der Waals surface area contributed by atoms with Crippen molar-refractivity contribution in [1.82, 2.24) is 15.6 Å². The van der Waals surface area contributed by atoms with Crippen molar-refractivity contribution in [2.24, 2.45) is 0 Å². The first-order valence-electron chi connectivity index (χ1n) is 8.39. The SMILES string of the molecule is CN(Cc1ccccc1)c1ncccc1CNC(=O)[C@@H]1CCC(=O)N1. The first kappa shape index (κ1) is 17.0. The van der Waals surface area contributed by atoms with Crippen molar-refractivity contribution in [1.29, 1.82) is 0 Å².